The standard InChI is InChI=1S/C15H29N3O4S/c1-3-15(2,18-5-7-22-8-6-18)12-17-14(19)16-10-13-4-9-23(20,21)11-13/h13H,3-12H2,1-2H3,(H2,16,17,19)/t13-,15-/m0/s1. The van der Waals surface area contributed by atoms with E-state index < -0.39 is 9.84 Å². The summed E-state index contributed by atoms with van der Waals surface area (Å²) in [5, 5.41) is 5.74. The second-order valence-electron chi connectivity index (χ2n) is 6.78. The van der Waals surface area contributed by atoms with Crippen molar-refractivity contribution in [3.63, 3.8) is 0 Å². The fraction of sp³-hybridized carbons (Fsp3) is 0.933. The van der Waals surface area contributed by atoms with Crippen LogP contribution in [0.5, 0.6) is 0 Å². The van der Waals surface area contributed by atoms with Gasteiger partial charge in [0.15, 0.2) is 9.84 Å². The highest BCUT2D eigenvalue weighted by Gasteiger charge is 2.32. The molecule has 2 N–H and O–H groups in total. The molecule has 0 saturated carbocycles. The lowest BCUT2D eigenvalue weighted by atomic mass is 9.95. The molecule has 2 amide bonds. The number of carbonyl (C=O) groups is 1. The van der Waals surface area contributed by atoms with Crippen LogP contribution in [0, 0.1) is 5.92 Å². The van der Waals surface area contributed by atoms with Crippen molar-refractivity contribution in [1.29, 1.82) is 0 Å². The lowest BCUT2D eigenvalue weighted by molar-refractivity contribution is -0.0165. The first-order chi connectivity index (χ1) is 10.8. The summed E-state index contributed by atoms with van der Waals surface area (Å²) in [5.41, 5.74) is -0.0855. The summed E-state index contributed by atoms with van der Waals surface area (Å²) in [6.45, 7) is 8.50. The summed E-state index contributed by atoms with van der Waals surface area (Å²) in [4.78, 5) is 14.4. The highest BCUT2D eigenvalue weighted by molar-refractivity contribution is 7.91. The molecular weight excluding hydrogens is 318 g/mol. The summed E-state index contributed by atoms with van der Waals surface area (Å²) >= 11 is 0. The molecule has 0 spiro atoms. The molecule has 0 aromatic rings. The normalized spacial score (nSPS) is 27.3. The van der Waals surface area contributed by atoms with Crippen LogP contribution in [0.4, 0.5) is 4.79 Å². The number of hydrogen-bond acceptors (Lipinski definition) is 5. The second kappa shape index (κ2) is 7.81. The van der Waals surface area contributed by atoms with E-state index in [1.807, 2.05) is 0 Å². The molecule has 2 atom stereocenters. The van der Waals surface area contributed by atoms with E-state index in [2.05, 4.69) is 29.4 Å². The first-order valence-corrected chi connectivity index (χ1v) is 10.2. The van der Waals surface area contributed by atoms with E-state index in [4.69, 9.17) is 4.74 Å². The Kier molecular flexibility index (Phi) is 6.27. The average Bonchev–Trinajstić information content (AvgIpc) is 2.90. The van der Waals surface area contributed by atoms with Gasteiger partial charge in [-0.05, 0) is 25.7 Å². The predicted molar refractivity (Wildman–Crippen MR) is 89.3 cm³/mol. The van der Waals surface area contributed by atoms with Crippen molar-refractivity contribution in [2.24, 2.45) is 5.92 Å². The molecule has 2 fully saturated rings. The summed E-state index contributed by atoms with van der Waals surface area (Å²) in [7, 11) is -2.89. The van der Waals surface area contributed by atoms with Crippen LogP contribution in [-0.4, -0.2) is 75.8 Å². The number of urea groups is 1. The molecule has 0 unspecified atom stereocenters. The molecule has 134 valence electrons. The van der Waals surface area contributed by atoms with E-state index >= 15 is 0 Å². The molecule has 2 aliphatic rings. The summed E-state index contributed by atoms with van der Waals surface area (Å²) in [6, 6.07) is -0.220. The fourth-order valence-electron chi connectivity index (χ4n) is 3.17. The van der Waals surface area contributed by atoms with Crippen molar-refractivity contribution in [2.45, 2.75) is 32.2 Å². The van der Waals surface area contributed by atoms with Gasteiger partial charge in [-0.1, -0.05) is 6.92 Å². The maximum atomic E-state index is 12.0. The molecule has 0 aromatic heterocycles. The fourth-order valence-corrected chi connectivity index (χ4v) is 5.03. The van der Waals surface area contributed by atoms with Gasteiger partial charge in [0.1, 0.15) is 0 Å². The lowest BCUT2D eigenvalue weighted by Gasteiger charge is -2.43. The average molecular weight is 347 g/mol. The van der Waals surface area contributed by atoms with Crippen LogP contribution in [0.15, 0.2) is 0 Å². The largest absolute Gasteiger partial charge is 0.379 e. The van der Waals surface area contributed by atoms with Gasteiger partial charge in [0.05, 0.1) is 24.7 Å². The molecule has 2 heterocycles. The Hall–Kier alpha value is -0.860. The minimum Gasteiger partial charge on any atom is -0.379 e. The Labute approximate surface area is 139 Å². The third kappa shape index (κ3) is 5.32. The highest BCUT2D eigenvalue weighted by Crippen LogP contribution is 2.20. The van der Waals surface area contributed by atoms with Gasteiger partial charge in [-0.2, -0.15) is 0 Å². The van der Waals surface area contributed by atoms with Crippen LogP contribution in [-0.2, 0) is 14.6 Å². The van der Waals surface area contributed by atoms with Crippen LogP contribution >= 0.6 is 0 Å². The van der Waals surface area contributed by atoms with Crippen molar-refractivity contribution >= 4 is 15.9 Å². The minimum absolute atomic E-state index is 0.0440. The zero-order valence-corrected chi connectivity index (χ0v) is 15.0. The second-order valence-corrected chi connectivity index (χ2v) is 9.01. The number of nitrogens with zero attached hydrogens (tertiary/aromatic N) is 1. The molecule has 0 radical (unpaired) electrons. The zero-order chi connectivity index (χ0) is 16.9. The Morgan fingerprint density at radius 1 is 1.30 bits per heavy atom. The molecule has 2 saturated heterocycles. The molecular formula is C15H29N3O4S. The first-order valence-electron chi connectivity index (χ1n) is 8.39. The van der Waals surface area contributed by atoms with Crippen LogP contribution in [0.25, 0.3) is 0 Å². The van der Waals surface area contributed by atoms with Crippen molar-refractivity contribution in [2.75, 3.05) is 50.9 Å². The molecule has 23 heavy (non-hydrogen) atoms. The quantitative estimate of drug-likeness (QED) is 0.718. The molecule has 8 heteroatoms. The summed E-state index contributed by atoms with van der Waals surface area (Å²) in [5.74, 6) is 0.474. The number of hydrogen-bond donors (Lipinski definition) is 2. The van der Waals surface area contributed by atoms with Crippen molar-refractivity contribution in [3.8, 4) is 0 Å². The third-order valence-electron chi connectivity index (χ3n) is 5.04. The van der Waals surface area contributed by atoms with E-state index in [0.717, 1.165) is 32.7 Å². The van der Waals surface area contributed by atoms with E-state index in [-0.39, 0.29) is 29.0 Å². The van der Waals surface area contributed by atoms with Gasteiger partial charge in [-0.25, -0.2) is 13.2 Å². The van der Waals surface area contributed by atoms with Crippen LogP contribution in [0.2, 0.25) is 0 Å². The van der Waals surface area contributed by atoms with E-state index in [0.29, 0.717) is 19.5 Å². The molecule has 0 aromatic carbocycles. The maximum Gasteiger partial charge on any atom is 0.314 e. The number of rotatable bonds is 6. The minimum atomic E-state index is -2.89. The molecule has 0 aliphatic carbocycles. The van der Waals surface area contributed by atoms with Crippen LogP contribution < -0.4 is 10.6 Å². The van der Waals surface area contributed by atoms with E-state index in [1.165, 1.54) is 0 Å². The molecule has 2 rings (SSSR count). The van der Waals surface area contributed by atoms with Gasteiger partial charge in [0.25, 0.3) is 0 Å². The Morgan fingerprint density at radius 3 is 2.57 bits per heavy atom. The number of nitrogens with one attached hydrogen (secondary N) is 2. The topological polar surface area (TPSA) is 87.7 Å². The van der Waals surface area contributed by atoms with Crippen LogP contribution in [0.3, 0.4) is 0 Å². The van der Waals surface area contributed by atoms with E-state index in [9.17, 15) is 13.2 Å². The van der Waals surface area contributed by atoms with Gasteiger partial charge in [-0.15, -0.1) is 0 Å². The Bertz CT molecular complexity index is 505. The monoisotopic (exact) mass is 347 g/mol. The van der Waals surface area contributed by atoms with Gasteiger partial charge in [0, 0.05) is 31.7 Å². The van der Waals surface area contributed by atoms with Gasteiger partial charge < -0.3 is 15.4 Å². The van der Waals surface area contributed by atoms with E-state index in [1.54, 1.807) is 0 Å². The molecule has 2 aliphatic heterocycles. The zero-order valence-electron chi connectivity index (χ0n) is 14.1. The van der Waals surface area contributed by atoms with Gasteiger partial charge in [0.2, 0.25) is 0 Å². The number of ether oxygens (including phenoxy) is 1. The highest BCUT2D eigenvalue weighted by atomic mass is 32.2. The number of sulfone groups is 1. The first kappa shape index (κ1) is 18.5. The van der Waals surface area contributed by atoms with Crippen molar-refractivity contribution in [1.82, 2.24) is 15.5 Å². The summed E-state index contributed by atoms with van der Waals surface area (Å²) in [6.07, 6.45) is 1.58. The maximum absolute atomic E-state index is 12.0. The number of amides is 2. The SMILES string of the molecule is CC[C@@](C)(CNC(=O)NC[C@@H]1CCS(=O)(=O)C1)N1CCOCC1. The number of morpholine rings is 1. The molecule has 0 bridgehead atoms. The predicted octanol–water partition coefficient (Wildman–Crippen LogP) is 0.221. The molecule has 7 nitrogen and oxygen atoms in total. The summed E-state index contributed by atoms with van der Waals surface area (Å²) < 4.78 is 28.2. The van der Waals surface area contributed by atoms with Crippen LogP contribution in [0.1, 0.15) is 26.7 Å². The van der Waals surface area contributed by atoms with Gasteiger partial charge >= 0.3 is 6.03 Å². The smallest absolute Gasteiger partial charge is 0.314 e. The van der Waals surface area contributed by atoms with Gasteiger partial charge in [-0.3, -0.25) is 4.90 Å². The lowest BCUT2D eigenvalue weighted by Crippen LogP contribution is -2.57. The van der Waals surface area contributed by atoms with Crippen molar-refractivity contribution < 1.29 is 17.9 Å². The van der Waals surface area contributed by atoms with Crippen molar-refractivity contribution in [3.05, 3.63) is 0 Å². The Balaban J connectivity index is 1.74. The third-order valence-corrected chi connectivity index (χ3v) is 6.88. The number of carbonyl (C=O) groups excluding carboxylic acids is 1. The Morgan fingerprint density at radius 2 is 2.00 bits per heavy atom.